The maximum absolute atomic E-state index is 12.3. The SMILES string of the molecule is Cn1nc(NC(=O)c2ccccc2)[n+]2c1SC(C)(CBr)C2. The Morgan fingerprint density at radius 2 is 2.24 bits per heavy atom. The van der Waals surface area contributed by atoms with Crippen molar-refractivity contribution < 1.29 is 9.36 Å². The van der Waals surface area contributed by atoms with Crippen molar-refractivity contribution >= 4 is 39.5 Å². The summed E-state index contributed by atoms with van der Waals surface area (Å²) in [6, 6.07) is 9.18. The first-order valence-corrected chi connectivity index (χ1v) is 8.54. The molecule has 1 amide bonds. The van der Waals surface area contributed by atoms with Crippen LogP contribution in [0.3, 0.4) is 0 Å². The maximum atomic E-state index is 12.3. The molecule has 0 spiro atoms. The standard InChI is InChI=1S/C14H15BrN4OS/c1-14(8-15)9-19-12(17-18(2)13(19)21-14)16-11(20)10-6-4-3-5-7-10/h3-7H,8-9H2,1-2H3/p+1. The smallest absolute Gasteiger partial charge is 0.255 e. The van der Waals surface area contributed by atoms with E-state index in [-0.39, 0.29) is 10.7 Å². The zero-order valence-corrected chi connectivity index (χ0v) is 14.2. The second kappa shape index (κ2) is 5.46. The van der Waals surface area contributed by atoms with Gasteiger partial charge in [0.2, 0.25) is 0 Å². The largest absolute Gasteiger partial charge is 0.385 e. The third-order valence-electron chi connectivity index (χ3n) is 3.38. The third-order valence-corrected chi connectivity index (χ3v) is 6.42. The minimum Gasteiger partial charge on any atom is -0.255 e. The van der Waals surface area contributed by atoms with Crippen LogP contribution in [0.2, 0.25) is 0 Å². The van der Waals surface area contributed by atoms with E-state index in [1.807, 2.05) is 29.9 Å². The molecule has 1 aromatic carbocycles. The Kier molecular flexibility index (Phi) is 3.79. The van der Waals surface area contributed by atoms with Gasteiger partial charge in [0.05, 0.1) is 23.9 Å². The molecular formula is C14H16BrN4OS+. The van der Waals surface area contributed by atoms with Gasteiger partial charge in [0.25, 0.3) is 11.1 Å². The molecule has 5 nitrogen and oxygen atoms in total. The van der Waals surface area contributed by atoms with Crippen LogP contribution in [-0.2, 0) is 13.6 Å². The van der Waals surface area contributed by atoms with Crippen molar-refractivity contribution in [1.82, 2.24) is 9.78 Å². The Balaban J connectivity index is 1.86. The molecule has 1 aromatic heterocycles. The number of thioether (sulfide) groups is 1. The second-order valence-corrected chi connectivity index (χ2v) is 7.44. The predicted molar refractivity (Wildman–Crippen MR) is 85.9 cm³/mol. The molecule has 0 fully saturated rings. The van der Waals surface area contributed by atoms with Crippen LogP contribution in [0.15, 0.2) is 35.5 Å². The van der Waals surface area contributed by atoms with E-state index >= 15 is 0 Å². The number of aromatic nitrogens is 3. The summed E-state index contributed by atoms with van der Waals surface area (Å²) in [6.07, 6.45) is 0. The van der Waals surface area contributed by atoms with E-state index in [0.29, 0.717) is 11.5 Å². The molecule has 3 rings (SSSR count). The monoisotopic (exact) mass is 367 g/mol. The fourth-order valence-corrected chi connectivity index (χ4v) is 3.92. The van der Waals surface area contributed by atoms with Gasteiger partial charge in [0.1, 0.15) is 0 Å². The van der Waals surface area contributed by atoms with Gasteiger partial charge >= 0.3 is 5.95 Å². The number of benzene rings is 1. The third kappa shape index (κ3) is 2.72. The van der Waals surface area contributed by atoms with E-state index in [1.165, 1.54) is 0 Å². The van der Waals surface area contributed by atoms with Gasteiger partial charge in [-0.1, -0.05) is 45.9 Å². The molecule has 0 radical (unpaired) electrons. The number of aryl methyl sites for hydroxylation is 1. The lowest BCUT2D eigenvalue weighted by Crippen LogP contribution is -2.41. The summed E-state index contributed by atoms with van der Waals surface area (Å²) in [5, 5.41) is 9.26. The van der Waals surface area contributed by atoms with Crippen LogP contribution in [0.1, 0.15) is 17.3 Å². The van der Waals surface area contributed by atoms with Gasteiger partial charge in [-0.3, -0.25) is 4.79 Å². The average Bonchev–Trinajstić information content (AvgIpc) is 2.98. The van der Waals surface area contributed by atoms with Crippen LogP contribution in [0, 0.1) is 0 Å². The number of nitrogens with zero attached hydrogens (tertiary/aromatic N) is 3. The van der Waals surface area contributed by atoms with E-state index in [9.17, 15) is 4.79 Å². The quantitative estimate of drug-likeness (QED) is 0.668. The van der Waals surface area contributed by atoms with Crippen LogP contribution in [0.25, 0.3) is 0 Å². The first-order chi connectivity index (χ1) is 10.0. The Morgan fingerprint density at radius 1 is 1.52 bits per heavy atom. The number of carbonyl (C=O) groups excluding carboxylic acids is 1. The number of amides is 1. The van der Waals surface area contributed by atoms with E-state index in [4.69, 9.17) is 0 Å². The van der Waals surface area contributed by atoms with E-state index in [2.05, 4.69) is 37.8 Å². The molecule has 0 bridgehead atoms. The average molecular weight is 368 g/mol. The molecule has 2 aromatic rings. The molecule has 7 heteroatoms. The van der Waals surface area contributed by atoms with Gasteiger partial charge in [0, 0.05) is 10.4 Å². The van der Waals surface area contributed by atoms with Gasteiger partial charge in [-0.2, -0.15) is 0 Å². The number of hydrogen-bond acceptors (Lipinski definition) is 3. The fraction of sp³-hybridized carbons (Fsp3) is 0.357. The number of rotatable bonds is 3. The van der Waals surface area contributed by atoms with Crippen molar-refractivity contribution in [3.63, 3.8) is 0 Å². The lowest BCUT2D eigenvalue weighted by atomic mass is 10.2. The molecule has 21 heavy (non-hydrogen) atoms. The topological polar surface area (TPSA) is 50.8 Å². The summed E-state index contributed by atoms with van der Waals surface area (Å²) >= 11 is 5.34. The molecule has 2 heterocycles. The number of nitrogens with one attached hydrogen (secondary N) is 1. The summed E-state index contributed by atoms with van der Waals surface area (Å²) in [6.45, 7) is 3.01. The highest BCUT2D eigenvalue weighted by atomic mass is 79.9. The van der Waals surface area contributed by atoms with Gasteiger partial charge in [0.15, 0.2) is 0 Å². The summed E-state index contributed by atoms with van der Waals surface area (Å²) in [7, 11) is 1.90. The predicted octanol–water partition coefficient (Wildman–Crippen LogP) is 2.22. The van der Waals surface area contributed by atoms with Gasteiger partial charge < -0.3 is 0 Å². The molecule has 1 N–H and O–H groups in total. The van der Waals surface area contributed by atoms with Gasteiger partial charge in [-0.25, -0.2) is 9.88 Å². The Morgan fingerprint density at radius 3 is 2.90 bits per heavy atom. The highest BCUT2D eigenvalue weighted by Gasteiger charge is 2.42. The van der Waals surface area contributed by atoms with Crippen LogP contribution in [0.5, 0.6) is 0 Å². The van der Waals surface area contributed by atoms with E-state index < -0.39 is 0 Å². The number of hydrogen-bond donors (Lipinski definition) is 1. The number of alkyl halides is 1. The highest BCUT2D eigenvalue weighted by molar-refractivity contribution is 9.09. The van der Waals surface area contributed by atoms with Gasteiger partial charge in [-0.15, -0.1) is 4.68 Å². The molecule has 1 atom stereocenters. The van der Waals surface area contributed by atoms with Crippen molar-refractivity contribution in [1.29, 1.82) is 0 Å². The summed E-state index contributed by atoms with van der Waals surface area (Å²) < 4.78 is 3.97. The Hall–Kier alpha value is -1.34. The summed E-state index contributed by atoms with van der Waals surface area (Å²) in [5.41, 5.74) is 0.631. The van der Waals surface area contributed by atoms with Crippen molar-refractivity contribution in [3.05, 3.63) is 35.9 Å². The first-order valence-electron chi connectivity index (χ1n) is 6.61. The van der Waals surface area contributed by atoms with Crippen molar-refractivity contribution in [2.75, 3.05) is 10.6 Å². The lowest BCUT2D eigenvalue weighted by molar-refractivity contribution is -0.716. The normalized spacial score (nSPS) is 20.3. The molecule has 0 saturated carbocycles. The zero-order valence-electron chi connectivity index (χ0n) is 11.8. The molecule has 1 aliphatic heterocycles. The van der Waals surface area contributed by atoms with Crippen LogP contribution >= 0.6 is 27.7 Å². The molecule has 1 unspecified atom stereocenters. The van der Waals surface area contributed by atoms with E-state index in [1.54, 1.807) is 23.9 Å². The highest BCUT2D eigenvalue weighted by Crippen LogP contribution is 2.38. The maximum Gasteiger partial charge on any atom is 0.385 e. The molecule has 110 valence electrons. The second-order valence-electron chi connectivity index (χ2n) is 5.32. The van der Waals surface area contributed by atoms with E-state index in [0.717, 1.165) is 17.0 Å². The minimum atomic E-state index is -0.138. The number of anilines is 1. The van der Waals surface area contributed by atoms with Crippen molar-refractivity contribution in [2.24, 2.45) is 7.05 Å². The fourth-order valence-electron chi connectivity index (χ4n) is 2.28. The molecule has 0 aliphatic carbocycles. The molecule has 1 aliphatic rings. The number of fused-ring (bicyclic) bond motifs is 1. The Labute approximate surface area is 135 Å². The van der Waals surface area contributed by atoms with Crippen LogP contribution in [0.4, 0.5) is 5.95 Å². The van der Waals surface area contributed by atoms with Crippen LogP contribution in [-0.4, -0.2) is 25.8 Å². The molecule has 0 saturated heterocycles. The van der Waals surface area contributed by atoms with Crippen molar-refractivity contribution in [2.45, 2.75) is 23.4 Å². The van der Waals surface area contributed by atoms with Crippen LogP contribution < -0.4 is 9.88 Å². The Bertz CT molecular complexity index is 688. The minimum absolute atomic E-state index is 0.0856. The zero-order chi connectivity index (χ0) is 15.0. The number of carbonyl (C=O) groups is 1. The van der Waals surface area contributed by atoms with Crippen molar-refractivity contribution in [3.8, 4) is 0 Å². The summed E-state index contributed by atoms with van der Waals surface area (Å²) in [4.78, 5) is 12.3. The lowest BCUT2D eigenvalue weighted by Gasteiger charge is -2.15. The number of halogens is 1. The van der Waals surface area contributed by atoms with Gasteiger partial charge in [-0.05, 0) is 19.1 Å². The molecular weight excluding hydrogens is 352 g/mol. The first kappa shape index (κ1) is 14.6. The summed E-state index contributed by atoms with van der Waals surface area (Å²) in [5.74, 6) is 0.458.